The molecule has 0 radical (unpaired) electrons. The Morgan fingerprint density at radius 2 is 1.58 bits per heavy atom. The predicted octanol–water partition coefficient (Wildman–Crippen LogP) is 4.40. The van der Waals surface area contributed by atoms with E-state index in [0.717, 1.165) is 19.0 Å². The first kappa shape index (κ1) is 22.4. The van der Waals surface area contributed by atoms with Gasteiger partial charge >= 0.3 is 0 Å². The second-order valence-corrected chi connectivity index (χ2v) is 6.38. The molecule has 0 spiro atoms. The zero-order chi connectivity index (χ0) is 18.1. The minimum atomic E-state index is 0. The van der Waals surface area contributed by atoms with Crippen molar-refractivity contribution in [2.75, 3.05) is 7.05 Å². The predicted molar refractivity (Wildman–Crippen MR) is 120 cm³/mol. The van der Waals surface area contributed by atoms with Crippen LogP contribution in [-0.2, 0) is 24.4 Å². The van der Waals surface area contributed by atoms with Crippen LogP contribution in [0.25, 0.3) is 0 Å². The van der Waals surface area contributed by atoms with Crippen molar-refractivity contribution in [2.24, 2.45) is 4.99 Å². The quantitative estimate of drug-likeness (QED) is 0.361. The number of hydrogen-bond acceptors (Lipinski definition) is 2. The van der Waals surface area contributed by atoms with Gasteiger partial charge in [-0.25, -0.2) is 0 Å². The van der Waals surface area contributed by atoms with E-state index in [9.17, 15) is 0 Å². The fraction of sp³-hybridized carbons (Fsp3) is 0.381. The normalized spacial score (nSPS) is 11.2. The van der Waals surface area contributed by atoms with Gasteiger partial charge in [-0.2, -0.15) is 0 Å². The molecule has 0 aromatic heterocycles. The average molecular weight is 467 g/mol. The lowest BCUT2D eigenvalue weighted by Crippen LogP contribution is -2.36. The molecule has 26 heavy (non-hydrogen) atoms. The van der Waals surface area contributed by atoms with Gasteiger partial charge in [0.15, 0.2) is 5.96 Å². The summed E-state index contributed by atoms with van der Waals surface area (Å²) in [6.45, 7) is 8.38. The molecular formula is C21H30IN3O. The van der Waals surface area contributed by atoms with Gasteiger partial charge in [-0.05, 0) is 43.0 Å². The van der Waals surface area contributed by atoms with Crippen LogP contribution in [0.15, 0.2) is 53.5 Å². The summed E-state index contributed by atoms with van der Waals surface area (Å²) in [5.74, 6) is 0.801. The summed E-state index contributed by atoms with van der Waals surface area (Å²) in [5.41, 5.74) is 4.97. The third kappa shape index (κ3) is 7.74. The molecule has 0 aliphatic carbocycles. The van der Waals surface area contributed by atoms with Crippen LogP contribution in [0.1, 0.15) is 36.1 Å². The number of benzene rings is 2. The van der Waals surface area contributed by atoms with E-state index in [1.807, 2.05) is 13.8 Å². The Morgan fingerprint density at radius 3 is 2.19 bits per heavy atom. The molecular weight excluding hydrogens is 437 g/mol. The Labute approximate surface area is 174 Å². The first-order chi connectivity index (χ1) is 12.1. The van der Waals surface area contributed by atoms with Crippen LogP contribution in [0.5, 0.6) is 0 Å². The summed E-state index contributed by atoms with van der Waals surface area (Å²) in [7, 11) is 1.79. The van der Waals surface area contributed by atoms with E-state index in [1.54, 1.807) is 7.05 Å². The lowest BCUT2D eigenvalue weighted by Gasteiger charge is -2.13. The highest BCUT2D eigenvalue weighted by molar-refractivity contribution is 14.0. The zero-order valence-corrected chi connectivity index (χ0v) is 18.4. The Kier molecular flexibility index (Phi) is 10.3. The van der Waals surface area contributed by atoms with Crippen LogP contribution in [0.3, 0.4) is 0 Å². The molecule has 2 aromatic rings. The molecule has 2 rings (SSSR count). The van der Waals surface area contributed by atoms with Crippen LogP contribution in [0, 0.1) is 6.92 Å². The summed E-state index contributed by atoms with van der Waals surface area (Å²) >= 11 is 0. The number of hydrogen-bond donors (Lipinski definition) is 2. The highest BCUT2D eigenvalue weighted by Gasteiger charge is 2.02. The number of rotatable bonds is 7. The summed E-state index contributed by atoms with van der Waals surface area (Å²) in [5, 5.41) is 6.71. The van der Waals surface area contributed by atoms with Crippen molar-refractivity contribution in [1.82, 2.24) is 10.6 Å². The number of aryl methyl sites for hydroxylation is 1. The van der Waals surface area contributed by atoms with Crippen LogP contribution < -0.4 is 10.6 Å². The molecule has 2 N–H and O–H groups in total. The molecule has 0 fully saturated rings. The van der Waals surface area contributed by atoms with Crippen molar-refractivity contribution in [2.45, 2.75) is 46.6 Å². The van der Waals surface area contributed by atoms with Crippen LogP contribution in [0.4, 0.5) is 0 Å². The van der Waals surface area contributed by atoms with Gasteiger partial charge in [0.05, 0.1) is 12.7 Å². The number of guanidine groups is 1. The fourth-order valence-corrected chi connectivity index (χ4v) is 2.41. The fourth-order valence-electron chi connectivity index (χ4n) is 2.41. The summed E-state index contributed by atoms with van der Waals surface area (Å²) in [6.07, 6.45) is 0.254. The minimum Gasteiger partial charge on any atom is -0.374 e. The smallest absolute Gasteiger partial charge is 0.191 e. The van der Waals surface area contributed by atoms with Crippen LogP contribution in [-0.4, -0.2) is 19.1 Å². The highest BCUT2D eigenvalue weighted by Crippen LogP contribution is 2.08. The third-order valence-corrected chi connectivity index (χ3v) is 4.00. The lowest BCUT2D eigenvalue weighted by molar-refractivity contribution is 0.0657. The van der Waals surface area contributed by atoms with E-state index in [1.165, 1.54) is 22.3 Å². The molecule has 4 nitrogen and oxygen atoms in total. The summed E-state index contributed by atoms with van der Waals surface area (Å²) in [4.78, 5) is 4.29. The van der Waals surface area contributed by atoms with E-state index >= 15 is 0 Å². The first-order valence-electron chi connectivity index (χ1n) is 8.77. The van der Waals surface area contributed by atoms with E-state index in [2.05, 4.69) is 71.1 Å². The molecule has 0 heterocycles. The SMILES string of the molecule is CN=C(NCc1ccc(COC(C)C)cc1)NCc1ccccc1C.I. The number of aliphatic imine (C=N–C) groups is 1. The highest BCUT2D eigenvalue weighted by atomic mass is 127. The number of halogens is 1. The molecule has 0 saturated carbocycles. The van der Waals surface area contributed by atoms with Crippen molar-refractivity contribution in [3.63, 3.8) is 0 Å². The van der Waals surface area contributed by atoms with Crippen LogP contribution in [0.2, 0.25) is 0 Å². The molecule has 0 aliphatic rings. The van der Waals surface area contributed by atoms with Gasteiger partial charge < -0.3 is 15.4 Å². The molecule has 0 unspecified atom stereocenters. The first-order valence-corrected chi connectivity index (χ1v) is 8.77. The molecule has 5 heteroatoms. The second-order valence-electron chi connectivity index (χ2n) is 6.38. The summed E-state index contributed by atoms with van der Waals surface area (Å²) < 4.78 is 5.62. The largest absolute Gasteiger partial charge is 0.374 e. The standard InChI is InChI=1S/C21H29N3O.HI/c1-16(2)25-15-19-11-9-18(10-12-19)13-23-21(22-4)24-14-20-8-6-5-7-17(20)3;/h5-12,16H,13-15H2,1-4H3,(H2,22,23,24);1H. The van der Waals surface area contributed by atoms with Gasteiger partial charge in [-0.3, -0.25) is 4.99 Å². The van der Waals surface area contributed by atoms with Gasteiger partial charge in [0.25, 0.3) is 0 Å². The zero-order valence-electron chi connectivity index (χ0n) is 16.1. The minimum absolute atomic E-state index is 0. The molecule has 142 valence electrons. The maximum absolute atomic E-state index is 5.62. The van der Waals surface area contributed by atoms with Gasteiger partial charge in [0.2, 0.25) is 0 Å². The molecule has 0 saturated heterocycles. The van der Waals surface area contributed by atoms with Crippen molar-refractivity contribution in [1.29, 1.82) is 0 Å². The van der Waals surface area contributed by atoms with Crippen molar-refractivity contribution in [3.8, 4) is 0 Å². The molecule has 0 bridgehead atoms. The van der Waals surface area contributed by atoms with Gasteiger partial charge in [0.1, 0.15) is 0 Å². The van der Waals surface area contributed by atoms with Crippen LogP contribution >= 0.6 is 24.0 Å². The molecule has 2 aromatic carbocycles. The van der Waals surface area contributed by atoms with Crippen molar-refractivity contribution >= 4 is 29.9 Å². The van der Waals surface area contributed by atoms with Gasteiger partial charge in [-0.1, -0.05) is 48.5 Å². The van der Waals surface area contributed by atoms with Crippen molar-refractivity contribution < 1.29 is 4.74 Å². The average Bonchev–Trinajstić information content (AvgIpc) is 2.62. The number of nitrogens with one attached hydrogen (secondary N) is 2. The second kappa shape index (κ2) is 11.9. The maximum atomic E-state index is 5.62. The number of ether oxygens (including phenoxy) is 1. The van der Waals surface area contributed by atoms with E-state index in [-0.39, 0.29) is 30.1 Å². The Bertz CT molecular complexity index is 684. The van der Waals surface area contributed by atoms with Gasteiger partial charge in [-0.15, -0.1) is 24.0 Å². The summed E-state index contributed by atoms with van der Waals surface area (Å²) in [6, 6.07) is 16.9. The molecule has 0 aliphatic heterocycles. The monoisotopic (exact) mass is 467 g/mol. The lowest BCUT2D eigenvalue weighted by atomic mass is 10.1. The Hall–Kier alpha value is -1.60. The maximum Gasteiger partial charge on any atom is 0.191 e. The molecule has 0 amide bonds. The molecule has 0 atom stereocenters. The van der Waals surface area contributed by atoms with Crippen molar-refractivity contribution in [3.05, 3.63) is 70.8 Å². The van der Waals surface area contributed by atoms with Gasteiger partial charge in [0, 0.05) is 20.1 Å². The Morgan fingerprint density at radius 1 is 0.962 bits per heavy atom. The Balaban J connectivity index is 0.00000338. The van der Waals surface area contributed by atoms with E-state index < -0.39 is 0 Å². The third-order valence-electron chi connectivity index (χ3n) is 4.00. The van der Waals surface area contributed by atoms with E-state index in [0.29, 0.717) is 6.61 Å². The van der Waals surface area contributed by atoms with E-state index in [4.69, 9.17) is 4.74 Å². The topological polar surface area (TPSA) is 45.7 Å². The number of nitrogens with zero attached hydrogens (tertiary/aromatic N) is 1.